The van der Waals surface area contributed by atoms with E-state index >= 15 is 0 Å². The number of benzene rings is 2. The van der Waals surface area contributed by atoms with Crippen molar-refractivity contribution >= 4 is 33.2 Å². The number of nitrogens with zero attached hydrogens (tertiary/aromatic N) is 2. The molecular weight excluding hydrogens is 374 g/mol. The van der Waals surface area contributed by atoms with Crippen molar-refractivity contribution in [2.45, 2.75) is 6.92 Å². The lowest BCUT2D eigenvalue weighted by Gasteiger charge is -2.09. The van der Waals surface area contributed by atoms with Gasteiger partial charge in [0.1, 0.15) is 0 Å². The van der Waals surface area contributed by atoms with Gasteiger partial charge in [0.2, 0.25) is 10.7 Å². The van der Waals surface area contributed by atoms with Crippen LogP contribution in [0, 0.1) is 0 Å². The van der Waals surface area contributed by atoms with E-state index in [9.17, 15) is 4.79 Å². The second-order valence-electron chi connectivity index (χ2n) is 4.86. The maximum atomic E-state index is 11.2. The van der Waals surface area contributed by atoms with E-state index in [-0.39, 0.29) is 5.91 Å². The lowest BCUT2D eigenvalue weighted by molar-refractivity contribution is -0.119. The molecule has 0 fully saturated rings. The Hall–Kier alpha value is -2.18. The summed E-state index contributed by atoms with van der Waals surface area (Å²) in [4.78, 5) is 11.9. The van der Waals surface area contributed by atoms with Crippen molar-refractivity contribution < 1.29 is 4.79 Å². The third-order valence-electron chi connectivity index (χ3n) is 3.17. The lowest BCUT2D eigenvalue weighted by Crippen LogP contribution is -2.21. The van der Waals surface area contributed by atoms with Crippen LogP contribution in [0.1, 0.15) is 6.92 Å². The fraction of sp³-hybridized carbons (Fsp3) is 0.0588. The average molecular weight is 388 g/mol. The highest BCUT2D eigenvalue weighted by Crippen LogP contribution is 2.24. The standard InChI is InChI=1S/C17H14BrN3OS/c1-12(22)19-20-17-21(15-5-3-2-4-6-15)16(11-23-17)13-7-9-14(18)10-8-13/h2-11H,1H3,(H,19,22)/b20-17+. The van der Waals surface area contributed by atoms with Crippen LogP contribution in [-0.2, 0) is 4.79 Å². The highest BCUT2D eigenvalue weighted by molar-refractivity contribution is 9.10. The number of nitrogens with one attached hydrogen (secondary N) is 1. The van der Waals surface area contributed by atoms with Gasteiger partial charge in [0, 0.05) is 22.5 Å². The molecule has 0 aliphatic heterocycles. The quantitative estimate of drug-likeness (QED) is 0.680. The third kappa shape index (κ3) is 3.60. The fourth-order valence-electron chi connectivity index (χ4n) is 2.16. The first-order valence-corrected chi connectivity index (χ1v) is 8.64. The molecule has 23 heavy (non-hydrogen) atoms. The first-order valence-electron chi connectivity index (χ1n) is 6.97. The number of aromatic nitrogens is 1. The van der Waals surface area contributed by atoms with Gasteiger partial charge in [0.05, 0.1) is 5.69 Å². The molecule has 0 bridgehead atoms. The molecular formula is C17H14BrN3OS. The number of amides is 1. The van der Waals surface area contributed by atoms with Gasteiger partial charge in [-0.2, -0.15) is 0 Å². The molecule has 0 aliphatic carbocycles. The maximum absolute atomic E-state index is 11.2. The van der Waals surface area contributed by atoms with Crippen LogP contribution in [0.2, 0.25) is 0 Å². The number of rotatable bonds is 3. The van der Waals surface area contributed by atoms with E-state index in [1.807, 2.05) is 64.5 Å². The molecule has 1 N–H and O–H groups in total. The minimum absolute atomic E-state index is 0.191. The molecule has 0 atom stereocenters. The molecule has 6 heteroatoms. The predicted octanol–water partition coefficient (Wildman–Crippen LogP) is 3.92. The van der Waals surface area contributed by atoms with Crippen LogP contribution in [0.25, 0.3) is 16.9 Å². The maximum Gasteiger partial charge on any atom is 0.237 e. The Labute approximate surface area is 146 Å². The Balaban J connectivity index is 2.19. The first kappa shape index (κ1) is 15.7. The Morgan fingerprint density at radius 3 is 2.48 bits per heavy atom. The Morgan fingerprint density at radius 1 is 1.13 bits per heavy atom. The highest BCUT2D eigenvalue weighted by atomic mass is 79.9. The van der Waals surface area contributed by atoms with Gasteiger partial charge < -0.3 is 0 Å². The Bertz CT molecular complexity index is 882. The Morgan fingerprint density at radius 2 is 1.83 bits per heavy atom. The molecule has 0 radical (unpaired) electrons. The van der Waals surface area contributed by atoms with Crippen LogP contribution in [-0.4, -0.2) is 10.5 Å². The summed E-state index contributed by atoms with van der Waals surface area (Å²) in [5.74, 6) is -0.191. The van der Waals surface area contributed by atoms with Gasteiger partial charge in [-0.05, 0) is 29.8 Å². The van der Waals surface area contributed by atoms with Crippen molar-refractivity contribution in [1.82, 2.24) is 9.99 Å². The zero-order chi connectivity index (χ0) is 16.2. The summed E-state index contributed by atoms with van der Waals surface area (Å²) in [5, 5.41) is 6.26. The number of hydrogen-bond donors (Lipinski definition) is 1. The van der Waals surface area contributed by atoms with E-state index < -0.39 is 0 Å². The van der Waals surface area contributed by atoms with Crippen LogP contribution in [0.4, 0.5) is 0 Å². The van der Waals surface area contributed by atoms with Crippen molar-refractivity contribution in [2.75, 3.05) is 0 Å². The molecule has 0 saturated heterocycles. The molecule has 0 saturated carbocycles. The molecule has 3 aromatic rings. The summed E-state index contributed by atoms with van der Waals surface area (Å²) in [7, 11) is 0. The van der Waals surface area contributed by atoms with E-state index in [4.69, 9.17) is 0 Å². The second kappa shape index (κ2) is 6.93. The number of halogens is 1. The number of carbonyl (C=O) groups is 1. The van der Waals surface area contributed by atoms with E-state index in [0.717, 1.165) is 21.4 Å². The van der Waals surface area contributed by atoms with Gasteiger partial charge in [0.15, 0.2) is 0 Å². The average Bonchev–Trinajstić information content (AvgIpc) is 2.98. The van der Waals surface area contributed by atoms with Crippen molar-refractivity contribution in [1.29, 1.82) is 0 Å². The molecule has 0 spiro atoms. The number of hydrogen-bond acceptors (Lipinski definition) is 3. The molecule has 0 unspecified atom stereocenters. The summed E-state index contributed by atoms with van der Waals surface area (Å²) in [6.45, 7) is 1.44. The van der Waals surface area contributed by atoms with Gasteiger partial charge >= 0.3 is 0 Å². The topological polar surface area (TPSA) is 46.4 Å². The van der Waals surface area contributed by atoms with Crippen LogP contribution in [0.3, 0.4) is 0 Å². The van der Waals surface area contributed by atoms with E-state index in [2.05, 4.69) is 26.5 Å². The van der Waals surface area contributed by atoms with E-state index in [0.29, 0.717) is 4.80 Å². The zero-order valence-corrected chi connectivity index (χ0v) is 14.8. The van der Waals surface area contributed by atoms with Crippen molar-refractivity contribution in [2.24, 2.45) is 5.10 Å². The molecule has 3 rings (SSSR count). The lowest BCUT2D eigenvalue weighted by atomic mass is 10.1. The minimum Gasteiger partial charge on any atom is -0.284 e. The number of para-hydroxylation sites is 1. The molecule has 2 aromatic carbocycles. The van der Waals surface area contributed by atoms with Crippen LogP contribution in [0.15, 0.2) is 69.6 Å². The SMILES string of the molecule is CC(=O)N/N=c1/scc(-c2ccc(Br)cc2)n1-c1ccccc1. The molecule has 1 amide bonds. The summed E-state index contributed by atoms with van der Waals surface area (Å²) in [6.07, 6.45) is 0. The van der Waals surface area contributed by atoms with Crippen molar-refractivity contribution in [3.05, 3.63) is 69.3 Å². The zero-order valence-electron chi connectivity index (χ0n) is 12.4. The van der Waals surface area contributed by atoms with Crippen LogP contribution >= 0.6 is 27.3 Å². The Kier molecular flexibility index (Phi) is 4.73. The van der Waals surface area contributed by atoms with Gasteiger partial charge in [-0.3, -0.25) is 9.36 Å². The number of carbonyl (C=O) groups excluding carboxylic acids is 1. The minimum atomic E-state index is -0.191. The molecule has 1 aromatic heterocycles. The molecule has 1 heterocycles. The van der Waals surface area contributed by atoms with E-state index in [1.54, 1.807) is 0 Å². The fourth-order valence-corrected chi connectivity index (χ4v) is 3.29. The van der Waals surface area contributed by atoms with Gasteiger partial charge in [0.25, 0.3) is 0 Å². The van der Waals surface area contributed by atoms with Gasteiger partial charge in [-0.1, -0.05) is 46.3 Å². The van der Waals surface area contributed by atoms with Gasteiger partial charge in [-0.15, -0.1) is 16.4 Å². The summed E-state index contributed by atoms with van der Waals surface area (Å²) < 4.78 is 3.06. The van der Waals surface area contributed by atoms with Crippen LogP contribution < -0.4 is 10.2 Å². The normalized spacial score (nSPS) is 11.5. The molecule has 116 valence electrons. The summed E-state index contributed by atoms with van der Waals surface area (Å²) in [6, 6.07) is 18.1. The highest BCUT2D eigenvalue weighted by Gasteiger charge is 2.10. The van der Waals surface area contributed by atoms with Gasteiger partial charge in [-0.25, -0.2) is 5.43 Å². The molecule has 4 nitrogen and oxygen atoms in total. The smallest absolute Gasteiger partial charge is 0.237 e. The summed E-state index contributed by atoms with van der Waals surface area (Å²) >= 11 is 4.94. The third-order valence-corrected chi connectivity index (χ3v) is 4.53. The predicted molar refractivity (Wildman–Crippen MR) is 96.2 cm³/mol. The monoisotopic (exact) mass is 387 g/mol. The second-order valence-corrected chi connectivity index (χ2v) is 6.61. The number of thiazole rings is 1. The van der Waals surface area contributed by atoms with E-state index in [1.165, 1.54) is 18.3 Å². The first-order chi connectivity index (χ1) is 11.1. The summed E-state index contributed by atoms with van der Waals surface area (Å²) in [5.41, 5.74) is 5.62. The van der Waals surface area contributed by atoms with Crippen molar-refractivity contribution in [3.63, 3.8) is 0 Å². The molecule has 0 aliphatic rings. The largest absolute Gasteiger partial charge is 0.284 e. The van der Waals surface area contributed by atoms with Crippen LogP contribution in [0.5, 0.6) is 0 Å². The van der Waals surface area contributed by atoms with Crippen molar-refractivity contribution in [3.8, 4) is 16.9 Å².